The largest absolute Gasteiger partial charge is 0.383 e. The lowest BCUT2D eigenvalue weighted by Crippen LogP contribution is -2.22. The molecule has 0 unspecified atom stereocenters. The van der Waals surface area contributed by atoms with Gasteiger partial charge >= 0.3 is 0 Å². The van der Waals surface area contributed by atoms with Gasteiger partial charge in [0, 0.05) is 13.1 Å². The van der Waals surface area contributed by atoms with Gasteiger partial charge in [-0.2, -0.15) is 0 Å². The van der Waals surface area contributed by atoms with Crippen LogP contribution in [0, 0.1) is 0 Å². The maximum Gasteiger partial charge on any atom is 0.106 e. The van der Waals surface area contributed by atoms with Crippen LogP contribution in [-0.4, -0.2) is 18.1 Å². The third-order valence-corrected chi connectivity index (χ3v) is 2.52. The summed E-state index contributed by atoms with van der Waals surface area (Å²) in [6.07, 6.45) is 1.16. The molecule has 2 N–H and O–H groups in total. The Morgan fingerprint density at radius 1 is 1.31 bits per heavy atom. The van der Waals surface area contributed by atoms with Gasteiger partial charge in [0.2, 0.25) is 0 Å². The van der Waals surface area contributed by atoms with E-state index in [-0.39, 0.29) is 0 Å². The number of anilines is 1. The van der Waals surface area contributed by atoms with Crippen molar-refractivity contribution >= 4 is 21.6 Å². The van der Waals surface area contributed by atoms with Crippen molar-refractivity contribution in [3.63, 3.8) is 0 Å². The lowest BCUT2D eigenvalue weighted by atomic mass is 10.2. The van der Waals surface area contributed by atoms with Gasteiger partial charge < -0.3 is 10.6 Å². The molecule has 1 aliphatic rings. The summed E-state index contributed by atoms with van der Waals surface area (Å²) in [5.74, 6) is 0. The molecule has 13 heavy (non-hydrogen) atoms. The molecule has 4 heteroatoms. The molecule has 1 aromatic heterocycles. The summed E-state index contributed by atoms with van der Waals surface area (Å²) >= 11 is 3.37. The van der Waals surface area contributed by atoms with Crippen molar-refractivity contribution in [1.29, 1.82) is 0 Å². The van der Waals surface area contributed by atoms with E-state index in [0.29, 0.717) is 0 Å². The topological polar surface area (TPSA) is 37.0 Å². The molecule has 0 atom stereocenters. The summed E-state index contributed by atoms with van der Waals surface area (Å²) in [5, 5.41) is 6.72. The number of hydrogen-bond donors (Lipinski definition) is 2. The first-order chi connectivity index (χ1) is 6.36. The Balaban J connectivity index is 2.28. The minimum atomic E-state index is 0.849. The average molecular weight is 242 g/mol. The third kappa shape index (κ3) is 2.19. The number of aromatic nitrogens is 1. The summed E-state index contributed by atoms with van der Waals surface area (Å²) in [6.45, 7) is 2.92. The predicted molar refractivity (Wildman–Crippen MR) is 56.8 cm³/mol. The molecule has 2 heterocycles. The van der Waals surface area contributed by atoms with Gasteiger partial charge in [0.1, 0.15) is 4.60 Å². The van der Waals surface area contributed by atoms with Crippen LogP contribution in [0.4, 0.5) is 5.69 Å². The second-order valence-electron chi connectivity index (χ2n) is 3.09. The summed E-state index contributed by atoms with van der Waals surface area (Å²) in [4.78, 5) is 4.41. The Kier molecular flexibility index (Phi) is 2.80. The number of halogens is 1. The van der Waals surface area contributed by atoms with Crippen molar-refractivity contribution in [1.82, 2.24) is 10.3 Å². The van der Waals surface area contributed by atoms with Crippen LogP contribution in [-0.2, 0) is 6.54 Å². The molecule has 3 nitrogen and oxygen atoms in total. The van der Waals surface area contributed by atoms with E-state index >= 15 is 0 Å². The summed E-state index contributed by atoms with van der Waals surface area (Å²) in [7, 11) is 0. The molecule has 0 radical (unpaired) electrons. The normalized spacial score (nSPS) is 16.7. The molecule has 0 bridgehead atoms. The number of rotatable bonds is 0. The lowest BCUT2D eigenvalue weighted by molar-refractivity contribution is 0.641. The second kappa shape index (κ2) is 4.07. The van der Waals surface area contributed by atoms with Crippen molar-refractivity contribution in [2.24, 2.45) is 0 Å². The first-order valence-electron chi connectivity index (χ1n) is 4.46. The van der Waals surface area contributed by atoms with Crippen LogP contribution in [0.2, 0.25) is 0 Å². The number of pyridine rings is 1. The van der Waals surface area contributed by atoms with E-state index < -0.39 is 0 Å². The van der Waals surface area contributed by atoms with Gasteiger partial charge in [-0.05, 0) is 41.0 Å². The van der Waals surface area contributed by atoms with Gasteiger partial charge in [-0.25, -0.2) is 4.98 Å². The van der Waals surface area contributed by atoms with E-state index in [1.54, 1.807) is 0 Å². The van der Waals surface area contributed by atoms with Crippen LogP contribution in [0.1, 0.15) is 12.1 Å². The Bertz CT molecular complexity index is 301. The van der Waals surface area contributed by atoms with Gasteiger partial charge in [-0.3, -0.25) is 0 Å². The average Bonchev–Trinajstić information content (AvgIpc) is 2.08. The quantitative estimate of drug-likeness (QED) is 0.680. The lowest BCUT2D eigenvalue weighted by Gasteiger charge is -2.15. The number of nitrogens with zero attached hydrogens (tertiary/aromatic N) is 1. The van der Waals surface area contributed by atoms with Crippen molar-refractivity contribution in [3.8, 4) is 0 Å². The zero-order chi connectivity index (χ0) is 9.10. The van der Waals surface area contributed by atoms with E-state index in [0.717, 1.165) is 42.0 Å². The predicted octanol–water partition coefficient (Wildman–Crippen LogP) is 1.75. The first kappa shape index (κ1) is 8.97. The highest BCUT2D eigenvalue weighted by Crippen LogP contribution is 2.17. The van der Waals surface area contributed by atoms with Gasteiger partial charge in [-0.1, -0.05) is 0 Å². The van der Waals surface area contributed by atoms with Crippen molar-refractivity contribution in [3.05, 3.63) is 22.4 Å². The number of nitrogens with one attached hydrogen (secondary N) is 2. The zero-order valence-corrected chi connectivity index (χ0v) is 8.89. The molecule has 0 aliphatic carbocycles. The van der Waals surface area contributed by atoms with Crippen molar-refractivity contribution in [2.75, 3.05) is 18.4 Å². The molecule has 0 aromatic carbocycles. The van der Waals surface area contributed by atoms with E-state index in [1.807, 2.05) is 6.07 Å². The van der Waals surface area contributed by atoms with E-state index in [2.05, 4.69) is 37.6 Å². The molecule has 0 spiro atoms. The molecule has 70 valence electrons. The van der Waals surface area contributed by atoms with Gasteiger partial charge in [0.05, 0.1) is 11.4 Å². The minimum absolute atomic E-state index is 0.849. The number of fused-ring (bicyclic) bond motifs is 1. The maximum absolute atomic E-state index is 4.41. The van der Waals surface area contributed by atoms with Crippen molar-refractivity contribution < 1.29 is 0 Å². The highest BCUT2D eigenvalue weighted by atomic mass is 79.9. The van der Waals surface area contributed by atoms with Gasteiger partial charge in [0.15, 0.2) is 0 Å². The van der Waals surface area contributed by atoms with Crippen LogP contribution in [0.25, 0.3) is 0 Å². The third-order valence-electron chi connectivity index (χ3n) is 2.08. The first-order valence-corrected chi connectivity index (χ1v) is 5.25. The molecule has 1 aliphatic heterocycles. The van der Waals surface area contributed by atoms with Crippen LogP contribution in [0.5, 0.6) is 0 Å². The SMILES string of the molecule is Brc1ccc2c(n1)CNCCCN2. The number of hydrogen-bond acceptors (Lipinski definition) is 3. The van der Waals surface area contributed by atoms with Crippen LogP contribution in [0.3, 0.4) is 0 Å². The Morgan fingerprint density at radius 2 is 2.23 bits per heavy atom. The molecule has 2 rings (SSSR count). The Hall–Kier alpha value is -0.610. The molecule has 0 saturated heterocycles. The van der Waals surface area contributed by atoms with Gasteiger partial charge in [-0.15, -0.1) is 0 Å². The highest BCUT2D eigenvalue weighted by Gasteiger charge is 2.06. The molecule has 0 amide bonds. The van der Waals surface area contributed by atoms with Crippen LogP contribution < -0.4 is 10.6 Å². The molecule has 0 fully saturated rings. The zero-order valence-electron chi connectivity index (χ0n) is 7.31. The molecule has 0 saturated carbocycles. The van der Waals surface area contributed by atoms with E-state index in [9.17, 15) is 0 Å². The Labute approximate surface area is 86.1 Å². The van der Waals surface area contributed by atoms with Crippen molar-refractivity contribution in [2.45, 2.75) is 13.0 Å². The smallest absolute Gasteiger partial charge is 0.106 e. The summed E-state index contributed by atoms with van der Waals surface area (Å²) in [6, 6.07) is 4.03. The maximum atomic E-state index is 4.41. The standard InChI is InChI=1S/C9H12BrN3/c10-9-3-2-7-8(13-9)6-11-4-1-5-12-7/h2-3,11-12H,1,4-6H2. The monoisotopic (exact) mass is 241 g/mol. The van der Waals surface area contributed by atoms with E-state index in [1.165, 1.54) is 0 Å². The fraction of sp³-hybridized carbons (Fsp3) is 0.444. The fourth-order valence-corrected chi connectivity index (χ4v) is 1.76. The summed E-state index contributed by atoms with van der Waals surface area (Å²) in [5.41, 5.74) is 2.24. The highest BCUT2D eigenvalue weighted by molar-refractivity contribution is 9.10. The second-order valence-corrected chi connectivity index (χ2v) is 3.90. The van der Waals surface area contributed by atoms with E-state index in [4.69, 9.17) is 0 Å². The van der Waals surface area contributed by atoms with Crippen LogP contribution >= 0.6 is 15.9 Å². The minimum Gasteiger partial charge on any atom is -0.383 e. The van der Waals surface area contributed by atoms with Crippen LogP contribution in [0.15, 0.2) is 16.7 Å². The Morgan fingerprint density at radius 3 is 3.15 bits per heavy atom. The van der Waals surface area contributed by atoms with Gasteiger partial charge in [0.25, 0.3) is 0 Å². The molecule has 1 aromatic rings. The molecular formula is C9H12BrN3. The fourth-order valence-electron chi connectivity index (χ4n) is 1.41. The summed E-state index contributed by atoms with van der Waals surface area (Å²) < 4.78 is 0.899. The molecular weight excluding hydrogens is 230 g/mol.